The van der Waals surface area contributed by atoms with Gasteiger partial charge in [0, 0.05) is 6.04 Å². The molecule has 1 spiro atoms. The van der Waals surface area contributed by atoms with Gasteiger partial charge in [0.05, 0.1) is 12.2 Å². The van der Waals surface area contributed by atoms with Gasteiger partial charge in [-0.3, -0.25) is 0 Å². The number of oxazole rings is 1. The molecular formula is C16H26N2O. The average molecular weight is 262 g/mol. The quantitative estimate of drug-likeness (QED) is 0.898. The Labute approximate surface area is 116 Å². The minimum Gasteiger partial charge on any atom is -0.444 e. The Morgan fingerprint density at radius 3 is 2.42 bits per heavy atom. The van der Waals surface area contributed by atoms with Crippen molar-refractivity contribution in [3.05, 3.63) is 17.3 Å². The molecule has 3 heteroatoms. The van der Waals surface area contributed by atoms with E-state index in [1.54, 1.807) is 0 Å². The maximum atomic E-state index is 5.63. The molecule has 1 aromatic rings. The third-order valence-corrected chi connectivity index (χ3v) is 5.33. The summed E-state index contributed by atoms with van der Waals surface area (Å²) < 4.78 is 5.63. The molecule has 1 N–H and O–H groups in total. The molecular weight excluding hydrogens is 236 g/mol. The van der Waals surface area contributed by atoms with Crippen LogP contribution in [0, 0.1) is 19.3 Å². The molecule has 0 amide bonds. The van der Waals surface area contributed by atoms with Gasteiger partial charge in [-0.25, -0.2) is 4.98 Å². The Balaban J connectivity index is 1.47. The molecule has 1 heterocycles. The van der Waals surface area contributed by atoms with E-state index in [0.717, 1.165) is 29.3 Å². The molecule has 2 aliphatic rings. The molecule has 19 heavy (non-hydrogen) atoms. The lowest BCUT2D eigenvalue weighted by Gasteiger charge is -2.37. The zero-order valence-corrected chi connectivity index (χ0v) is 12.3. The highest BCUT2D eigenvalue weighted by Gasteiger charge is 2.37. The fourth-order valence-corrected chi connectivity index (χ4v) is 3.91. The minimum atomic E-state index is 0.665. The summed E-state index contributed by atoms with van der Waals surface area (Å²) in [6.07, 6.45) is 11.4. The van der Waals surface area contributed by atoms with Gasteiger partial charge in [-0.05, 0) is 57.8 Å². The van der Waals surface area contributed by atoms with Crippen molar-refractivity contribution in [3.63, 3.8) is 0 Å². The molecule has 2 aliphatic carbocycles. The highest BCUT2D eigenvalue weighted by Crippen LogP contribution is 2.48. The fourth-order valence-electron chi connectivity index (χ4n) is 3.91. The highest BCUT2D eigenvalue weighted by atomic mass is 16.4. The van der Waals surface area contributed by atoms with Gasteiger partial charge in [-0.1, -0.05) is 12.8 Å². The molecule has 2 saturated carbocycles. The van der Waals surface area contributed by atoms with E-state index in [-0.39, 0.29) is 0 Å². The monoisotopic (exact) mass is 262 g/mol. The zero-order valence-electron chi connectivity index (χ0n) is 12.3. The maximum Gasteiger partial charge on any atom is 0.208 e. The van der Waals surface area contributed by atoms with E-state index in [0.29, 0.717) is 6.04 Å². The van der Waals surface area contributed by atoms with Gasteiger partial charge in [0.25, 0.3) is 0 Å². The van der Waals surface area contributed by atoms with E-state index in [2.05, 4.69) is 10.3 Å². The minimum absolute atomic E-state index is 0.665. The standard InChI is InChI=1S/C16H26N2O/c1-12-13(2)19-15(18-12)11-17-14-5-9-16(10-6-14)7-3-4-8-16/h14,17H,3-11H2,1-2H3. The second kappa shape index (κ2) is 5.28. The van der Waals surface area contributed by atoms with Gasteiger partial charge in [-0.2, -0.15) is 0 Å². The summed E-state index contributed by atoms with van der Waals surface area (Å²) in [4.78, 5) is 4.44. The molecule has 3 rings (SSSR count). The van der Waals surface area contributed by atoms with Crippen LogP contribution in [0.2, 0.25) is 0 Å². The summed E-state index contributed by atoms with van der Waals surface area (Å²) >= 11 is 0. The van der Waals surface area contributed by atoms with Crippen LogP contribution < -0.4 is 5.32 Å². The molecule has 2 fully saturated rings. The first-order valence-corrected chi connectivity index (χ1v) is 7.83. The highest BCUT2D eigenvalue weighted by molar-refractivity contribution is 5.05. The van der Waals surface area contributed by atoms with Crippen molar-refractivity contribution in [1.82, 2.24) is 10.3 Å². The van der Waals surface area contributed by atoms with Crippen LogP contribution in [0.25, 0.3) is 0 Å². The van der Waals surface area contributed by atoms with Gasteiger partial charge in [0.15, 0.2) is 0 Å². The number of rotatable bonds is 3. The number of aryl methyl sites for hydroxylation is 2. The van der Waals surface area contributed by atoms with E-state index < -0.39 is 0 Å². The molecule has 106 valence electrons. The van der Waals surface area contributed by atoms with Crippen LogP contribution >= 0.6 is 0 Å². The molecule has 1 aromatic heterocycles. The van der Waals surface area contributed by atoms with Crippen LogP contribution in [0.4, 0.5) is 0 Å². The first-order chi connectivity index (χ1) is 9.17. The molecule has 0 atom stereocenters. The van der Waals surface area contributed by atoms with E-state index >= 15 is 0 Å². The lowest BCUT2D eigenvalue weighted by atomic mass is 9.71. The molecule has 0 radical (unpaired) electrons. The summed E-state index contributed by atoms with van der Waals surface area (Å²) in [6.45, 7) is 4.77. The van der Waals surface area contributed by atoms with Crippen molar-refractivity contribution >= 4 is 0 Å². The van der Waals surface area contributed by atoms with Crippen LogP contribution in [-0.2, 0) is 6.54 Å². The smallest absolute Gasteiger partial charge is 0.208 e. The van der Waals surface area contributed by atoms with Crippen LogP contribution in [0.5, 0.6) is 0 Å². The summed E-state index contributed by atoms with van der Waals surface area (Å²) in [5.41, 5.74) is 1.75. The maximum absolute atomic E-state index is 5.63. The average Bonchev–Trinajstić information content (AvgIpc) is 2.98. The molecule has 0 aromatic carbocycles. The number of hydrogen-bond acceptors (Lipinski definition) is 3. The van der Waals surface area contributed by atoms with Gasteiger partial charge >= 0.3 is 0 Å². The molecule has 0 unspecified atom stereocenters. The topological polar surface area (TPSA) is 38.1 Å². The summed E-state index contributed by atoms with van der Waals surface area (Å²) in [6, 6.07) is 0.665. The van der Waals surface area contributed by atoms with E-state index in [1.807, 2.05) is 13.8 Å². The zero-order chi connectivity index (χ0) is 13.3. The van der Waals surface area contributed by atoms with Crippen molar-refractivity contribution in [2.75, 3.05) is 0 Å². The SMILES string of the molecule is Cc1nc(CNC2CCC3(CCCC3)CC2)oc1C. The van der Waals surface area contributed by atoms with Gasteiger partial charge in [-0.15, -0.1) is 0 Å². The Morgan fingerprint density at radius 2 is 1.84 bits per heavy atom. The third-order valence-electron chi connectivity index (χ3n) is 5.33. The summed E-state index contributed by atoms with van der Waals surface area (Å²) in [7, 11) is 0. The number of aromatic nitrogens is 1. The van der Waals surface area contributed by atoms with Crippen molar-refractivity contribution in [3.8, 4) is 0 Å². The second-order valence-electron chi connectivity index (χ2n) is 6.61. The van der Waals surface area contributed by atoms with Gasteiger partial charge < -0.3 is 9.73 Å². The predicted molar refractivity (Wildman–Crippen MR) is 76.0 cm³/mol. The largest absolute Gasteiger partial charge is 0.444 e. The van der Waals surface area contributed by atoms with Crippen LogP contribution in [-0.4, -0.2) is 11.0 Å². The van der Waals surface area contributed by atoms with Gasteiger partial charge in [0.1, 0.15) is 5.76 Å². The molecule has 0 bridgehead atoms. The number of nitrogens with one attached hydrogen (secondary N) is 1. The first kappa shape index (κ1) is 13.2. The van der Waals surface area contributed by atoms with Crippen LogP contribution in [0.3, 0.4) is 0 Å². The van der Waals surface area contributed by atoms with Crippen molar-refractivity contribution < 1.29 is 4.42 Å². The predicted octanol–water partition coefficient (Wildman–Crippen LogP) is 3.88. The van der Waals surface area contributed by atoms with E-state index in [9.17, 15) is 0 Å². The second-order valence-corrected chi connectivity index (χ2v) is 6.61. The number of nitrogens with zero attached hydrogens (tertiary/aromatic N) is 1. The molecule has 3 nitrogen and oxygen atoms in total. The Kier molecular flexibility index (Phi) is 3.66. The summed E-state index contributed by atoms with van der Waals surface area (Å²) in [5.74, 6) is 1.79. The van der Waals surface area contributed by atoms with Crippen LogP contribution in [0.1, 0.15) is 68.7 Å². The lowest BCUT2D eigenvalue weighted by molar-refractivity contribution is 0.166. The molecule has 0 saturated heterocycles. The van der Waals surface area contributed by atoms with Crippen LogP contribution in [0.15, 0.2) is 4.42 Å². The van der Waals surface area contributed by atoms with Crippen molar-refractivity contribution in [2.45, 2.75) is 77.8 Å². The third kappa shape index (κ3) is 2.86. The van der Waals surface area contributed by atoms with E-state index in [4.69, 9.17) is 4.42 Å². The molecule has 0 aliphatic heterocycles. The fraction of sp³-hybridized carbons (Fsp3) is 0.812. The first-order valence-electron chi connectivity index (χ1n) is 7.83. The number of hydrogen-bond donors (Lipinski definition) is 1. The van der Waals surface area contributed by atoms with Crippen molar-refractivity contribution in [1.29, 1.82) is 0 Å². The summed E-state index contributed by atoms with van der Waals surface area (Å²) in [5, 5.41) is 3.63. The Hall–Kier alpha value is -0.830. The normalized spacial score (nSPS) is 23.3. The lowest BCUT2D eigenvalue weighted by Crippen LogP contribution is -2.36. The Bertz CT molecular complexity index is 402. The Morgan fingerprint density at radius 1 is 1.16 bits per heavy atom. The van der Waals surface area contributed by atoms with Gasteiger partial charge in [0.2, 0.25) is 5.89 Å². The van der Waals surface area contributed by atoms with E-state index in [1.165, 1.54) is 51.4 Å². The van der Waals surface area contributed by atoms with Crippen molar-refractivity contribution in [2.24, 2.45) is 5.41 Å².